The summed E-state index contributed by atoms with van der Waals surface area (Å²) >= 11 is 5.98. The van der Waals surface area contributed by atoms with E-state index in [4.69, 9.17) is 11.6 Å². The molecule has 0 saturated heterocycles. The number of fused-ring (bicyclic) bond motifs is 1. The summed E-state index contributed by atoms with van der Waals surface area (Å²) in [6, 6.07) is 4.85. The molecular formula is C21H17ClF4N4O2S. The highest BCUT2D eigenvalue weighted by Gasteiger charge is 2.39. The minimum absolute atomic E-state index is 0.0191. The number of hydrogen-bond donors (Lipinski definition) is 1. The van der Waals surface area contributed by atoms with Crippen molar-refractivity contribution in [2.75, 3.05) is 0 Å². The van der Waals surface area contributed by atoms with Gasteiger partial charge in [-0.15, -0.1) is 0 Å². The van der Waals surface area contributed by atoms with Crippen molar-refractivity contribution in [1.29, 1.82) is 5.26 Å². The average molecular weight is 501 g/mol. The maximum atomic E-state index is 14.2. The van der Waals surface area contributed by atoms with Gasteiger partial charge in [0.25, 0.3) is 0 Å². The molecule has 4 rings (SSSR count). The van der Waals surface area contributed by atoms with Gasteiger partial charge < -0.3 is 4.57 Å². The van der Waals surface area contributed by atoms with E-state index >= 15 is 0 Å². The van der Waals surface area contributed by atoms with Gasteiger partial charge in [-0.3, -0.25) is 4.98 Å². The summed E-state index contributed by atoms with van der Waals surface area (Å²) in [6.45, 7) is 0.694. The van der Waals surface area contributed by atoms with E-state index in [1.54, 1.807) is 4.72 Å². The van der Waals surface area contributed by atoms with Crippen LogP contribution in [0.3, 0.4) is 0 Å². The minimum Gasteiger partial charge on any atom is -0.335 e. The fourth-order valence-electron chi connectivity index (χ4n) is 3.74. The molecule has 1 aliphatic rings. The third kappa shape index (κ3) is 4.18. The zero-order chi connectivity index (χ0) is 24.1. The van der Waals surface area contributed by atoms with Crippen LogP contribution in [0.15, 0.2) is 35.4 Å². The Morgan fingerprint density at radius 1 is 1.30 bits per heavy atom. The number of nitriles is 1. The lowest BCUT2D eigenvalue weighted by Crippen LogP contribution is -2.42. The summed E-state index contributed by atoms with van der Waals surface area (Å²) in [5, 5.41) is 10.1. The number of sulfonamides is 1. The van der Waals surface area contributed by atoms with E-state index < -0.39 is 33.0 Å². The Hall–Kier alpha value is -2.68. The molecule has 0 aliphatic heterocycles. The third-order valence-electron chi connectivity index (χ3n) is 5.71. The molecule has 33 heavy (non-hydrogen) atoms. The molecule has 1 aromatic carbocycles. The van der Waals surface area contributed by atoms with Gasteiger partial charge >= 0.3 is 6.18 Å². The highest BCUT2D eigenvalue weighted by molar-refractivity contribution is 7.89. The van der Waals surface area contributed by atoms with E-state index in [0.29, 0.717) is 23.5 Å². The molecule has 3 aromatic rings. The van der Waals surface area contributed by atoms with Crippen LogP contribution >= 0.6 is 11.6 Å². The largest absolute Gasteiger partial charge is 0.404 e. The summed E-state index contributed by atoms with van der Waals surface area (Å²) in [6.07, 6.45) is -1.21. The molecule has 2 heterocycles. The number of nitrogens with zero attached hydrogens (tertiary/aromatic N) is 3. The molecule has 0 radical (unpaired) electrons. The molecule has 174 valence electrons. The SMILES string of the molecule is C[C@H](NS(=O)(=O)c1ccc(-c2c(C#N)c3cc(F)c(Cl)cc3n2C2CCC2)nc1)C(F)(F)F. The Kier molecular flexibility index (Phi) is 5.88. The van der Waals surface area contributed by atoms with Gasteiger partial charge in [-0.2, -0.15) is 23.2 Å². The number of pyridine rings is 1. The maximum Gasteiger partial charge on any atom is 0.404 e. The normalized spacial score (nSPS) is 15.9. The molecule has 12 heteroatoms. The Bertz CT molecular complexity index is 1370. The number of benzene rings is 1. The Morgan fingerprint density at radius 3 is 2.52 bits per heavy atom. The van der Waals surface area contributed by atoms with Crippen LogP contribution in [0, 0.1) is 17.1 Å². The van der Waals surface area contributed by atoms with Crippen molar-refractivity contribution in [2.24, 2.45) is 0 Å². The fraction of sp³-hybridized carbons (Fsp3) is 0.333. The molecule has 0 amide bonds. The lowest BCUT2D eigenvalue weighted by molar-refractivity contribution is -0.147. The molecular weight excluding hydrogens is 484 g/mol. The van der Waals surface area contributed by atoms with E-state index in [1.807, 2.05) is 4.57 Å². The van der Waals surface area contributed by atoms with Crippen LogP contribution in [0.5, 0.6) is 0 Å². The number of hydrogen-bond acceptors (Lipinski definition) is 4. The van der Waals surface area contributed by atoms with Crippen molar-refractivity contribution in [1.82, 2.24) is 14.3 Å². The van der Waals surface area contributed by atoms with Crippen molar-refractivity contribution in [3.63, 3.8) is 0 Å². The molecule has 1 N–H and O–H groups in total. The summed E-state index contributed by atoms with van der Waals surface area (Å²) in [5.41, 5.74) is 1.31. The predicted octanol–water partition coefficient (Wildman–Crippen LogP) is 5.32. The smallest absolute Gasteiger partial charge is 0.335 e. The minimum atomic E-state index is -4.75. The van der Waals surface area contributed by atoms with Crippen molar-refractivity contribution < 1.29 is 26.0 Å². The molecule has 1 fully saturated rings. The lowest BCUT2D eigenvalue weighted by Gasteiger charge is -2.30. The number of halogens is 5. The fourth-order valence-corrected chi connectivity index (χ4v) is 5.07. The van der Waals surface area contributed by atoms with Crippen LogP contribution in [0.2, 0.25) is 5.02 Å². The quantitative estimate of drug-likeness (QED) is 0.480. The van der Waals surface area contributed by atoms with Gasteiger partial charge in [0.15, 0.2) is 0 Å². The molecule has 2 aromatic heterocycles. The van der Waals surface area contributed by atoms with Crippen molar-refractivity contribution >= 4 is 32.5 Å². The van der Waals surface area contributed by atoms with Gasteiger partial charge in [0.05, 0.1) is 27.5 Å². The van der Waals surface area contributed by atoms with Crippen LogP contribution in [0.1, 0.15) is 37.8 Å². The van der Waals surface area contributed by atoms with E-state index in [2.05, 4.69) is 11.1 Å². The van der Waals surface area contributed by atoms with Crippen LogP contribution < -0.4 is 4.72 Å². The van der Waals surface area contributed by atoms with Gasteiger partial charge in [-0.05, 0) is 50.5 Å². The summed E-state index contributed by atoms with van der Waals surface area (Å²) in [7, 11) is -4.48. The topological polar surface area (TPSA) is 87.8 Å². The summed E-state index contributed by atoms with van der Waals surface area (Å²) in [5.74, 6) is -0.683. The number of alkyl halides is 3. The van der Waals surface area contributed by atoms with Gasteiger partial charge in [0.2, 0.25) is 10.0 Å². The number of rotatable bonds is 5. The highest BCUT2D eigenvalue weighted by atomic mass is 35.5. The Labute approximate surface area is 191 Å². The monoisotopic (exact) mass is 500 g/mol. The molecule has 0 bridgehead atoms. The van der Waals surface area contributed by atoms with Crippen LogP contribution in [-0.4, -0.2) is 30.2 Å². The summed E-state index contributed by atoms with van der Waals surface area (Å²) in [4.78, 5) is 3.68. The first-order valence-electron chi connectivity index (χ1n) is 9.92. The predicted molar refractivity (Wildman–Crippen MR) is 114 cm³/mol. The van der Waals surface area contributed by atoms with Crippen LogP contribution in [-0.2, 0) is 10.0 Å². The Balaban J connectivity index is 1.82. The zero-order valence-electron chi connectivity index (χ0n) is 17.1. The van der Waals surface area contributed by atoms with E-state index in [1.165, 1.54) is 18.2 Å². The van der Waals surface area contributed by atoms with Gasteiger partial charge in [-0.1, -0.05) is 11.6 Å². The Morgan fingerprint density at radius 2 is 2.00 bits per heavy atom. The van der Waals surface area contributed by atoms with E-state index in [-0.39, 0.29) is 22.3 Å². The van der Waals surface area contributed by atoms with E-state index in [9.17, 15) is 31.2 Å². The van der Waals surface area contributed by atoms with Crippen molar-refractivity contribution in [3.8, 4) is 17.5 Å². The molecule has 6 nitrogen and oxygen atoms in total. The first kappa shape index (κ1) is 23.5. The molecule has 1 aliphatic carbocycles. The average Bonchev–Trinajstić information content (AvgIpc) is 2.99. The molecule has 0 unspecified atom stereocenters. The number of aromatic nitrogens is 2. The number of nitrogens with one attached hydrogen (secondary N) is 1. The van der Waals surface area contributed by atoms with Crippen molar-refractivity contribution in [2.45, 2.75) is 49.3 Å². The van der Waals surface area contributed by atoms with Gasteiger partial charge in [0.1, 0.15) is 22.8 Å². The van der Waals surface area contributed by atoms with Crippen LogP contribution in [0.4, 0.5) is 17.6 Å². The molecule has 1 saturated carbocycles. The third-order valence-corrected chi connectivity index (χ3v) is 7.52. The summed E-state index contributed by atoms with van der Waals surface area (Å²) < 4.78 is 80.6. The second-order valence-electron chi connectivity index (χ2n) is 7.84. The second kappa shape index (κ2) is 8.27. The molecule has 0 spiro atoms. The van der Waals surface area contributed by atoms with Gasteiger partial charge in [-0.25, -0.2) is 12.8 Å². The second-order valence-corrected chi connectivity index (χ2v) is 9.96. The van der Waals surface area contributed by atoms with Crippen LogP contribution in [0.25, 0.3) is 22.3 Å². The van der Waals surface area contributed by atoms with E-state index in [0.717, 1.165) is 31.5 Å². The van der Waals surface area contributed by atoms with Gasteiger partial charge in [0, 0.05) is 17.6 Å². The highest BCUT2D eigenvalue weighted by Crippen LogP contribution is 2.43. The van der Waals surface area contributed by atoms with Crippen molar-refractivity contribution in [3.05, 3.63) is 46.9 Å². The zero-order valence-corrected chi connectivity index (χ0v) is 18.7. The molecule has 1 atom stereocenters. The first-order chi connectivity index (χ1) is 15.4. The maximum absolute atomic E-state index is 14.2. The lowest BCUT2D eigenvalue weighted by atomic mass is 9.92. The standard InChI is InChI=1S/C21H17ClF4N4O2S/c1-11(21(24,25)26)29-33(31,32)13-5-6-18(28-10-13)20-15(9-27)14-7-17(23)16(22)8-19(14)30(20)12-3-2-4-12/h5-8,10-12,29H,2-4H2,1H3/t11-/m0/s1. The first-order valence-corrected chi connectivity index (χ1v) is 11.8.